The van der Waals surface area contributed by atoms with Gasteiger partial charge >= 0.3 is 0 Å². The second-order valence-corrected chi connectivity index (χ2v) is 6.10. The van der Waals surface area contributed by atoms with E-state index in [0.717, 1.165) is 19.2 Å². The van der Waals surface area contributed by atoms with Crippen LogP contribution in [0.5, 0.6) is 11.5 Å². The molecule has 0 bridgehead atoms. The zero-order valence-corrected chi connectivity index (χ0v) is 11.9. The van der Waals surface area contributed by atoms with E-state index in [0.29, 0.717) is 0 Å². The summed E-state index contributed by atoms with van der Waals surface area (Å²) in [6.45, 7) is -0.728. The molecule has 0 aromatic heterocycles. The van der Waals surface area contributed by atoms with Crippen molar-refractivity contribution in [1.82, 2.24) is 0 Å². The minimum atomic E-state index is -4.27. The standard InChI is InChI=1S/C10H11ClFNO6S/c1-18-10-8(19-4-2-3-12)5-7(13(14)15)6-9(10)20(11,16)17/h5-6H,2-4H2,1H3. The number of nitro groups is 1. The molecule has 0 aliphatic heterocycles. The highest BCUT2D eigenvalue weighted by Crippen LogP contribution is 2.39. The number of nitrogens with zero attached hydrogens (tertiary/aromatic N) is 1. The van der Waals surface area contributed by atoms with E-state index in [4.69, 9.17) is 20.2 Å². The summed E-state index contributed by atoms with van der Waals surface area (Å²) < 4.78 is 44.8. The summed E-state index contributed by atoms with van der Waals surface area (Å²) in [4.78, 5) is 9.40. The zero-order chi connectivity index (χ0) is 15.3. The van der Waals surface area contributed by atoms with E-state index in [9.17, 15) is 22.9 Å². The molecular weight excluding hydrogens is 317 g/mol. The highest BCUT2D eigenvalue weighted by Gasteiger charge is 2.26. The van der Waals surface area contributed by atoms with Gasteiger partial charge in [0.2, 0.25) is 0 Å². The van der Waals surface area contributed by atoms with E-state index >= 15 is 0 Å². The number of benzene rings is 1. The predicted molar refractivity (Wildman–Crippen MR) is 68.8 cm³/mol. The van der Waals surface area contributed by atoms with Crippen LogP contribution >= 0.6 is 10.7 Å². The van der Waals surface area contributed by atoms with Gasteiger partial charge in [-0.05, 0) is 0 Å². The molecule has 7 nitrogen and oxygen atoms in total. The molecule has 0 fully saturated rings. The number of ether oxygens (including phenoxy) is 2. The number of non-ortho nitro benzene ring substituents is 1. The normalized spacial score (nSPS) is 11.2. The fourth-order valence-corrected chi connectivity index (χ4v) is 2.41. The van der Waals surface area contributed by atoms with E-state index in [1.54, 1.807) is 0 Å². The summed E-state index contributed by atoms with van der Waals surface area (Å²) in [6.07, 6.45) is 0.0504. The predicted octanol–water partition coefficient (Wildman–Crippen LogP) is 2.27. The van der Waals surface area contributed by atoms with Crippen molar-refractivity contribution < 1.29 is 27.2 Å². The minimum Gasteiger partial charge on any atom is -0.492 e. The van der Waals surface area contributed by atoms with E-state index in [1.165, 1.54) is 0 Å². The molecule has 0 N–H and O–H groups in total. The molecule has 0 aliphatic carbocycles. The smallest absolute Gasteiger partial charge is 0.274 e. The number of hydrogen-bond acceptors (Lipinski definition) is 6. The number of halogens is 2. The largest absolute Gasteiger partial charge is 0.492 e. The first kappa shape index (κ1) is 16.4. The summed E-state index contributed by atoms with van der Waals surface area (Å²) >= 11 is 0. The molecule has 0 heterocycles. The SMILES string of the molecule is COc1c(OCCCF)cc([N+](=O)[O-])cc1S(=O)(=O)Cl. The summed E-state index contributed by atoms with van der Waals surface area (Å²) in [7, 11) is 2.10. The lowest BCUT2D eigenvalue weighted by Gasteiger charge is -2.12. The monoisotopic (exact) mass is 327 g/mol. The van der Waals surface area contributed by atoms with E-state index < -0.39 is 31.2 Å². The van der Waals surface area contributed by atoms with Gasteiger partial charge in [-0.15, -0.1) is 0 Å². The van der Waals surface area contributed by atoms with Gasteiger partial charge in [0.25, 0.3) is 14.7 Å². The Morgan fingerprint density at radius 1 is 1.45 bits per heavy atom. The van der Waals surface area contributed by atoms with Crippen LogP contribution in [0, 0.1) is 10.1 Å². The molecule has 112 valence electrons. The summed E-state index contributed by atoms with van der Waals surface area (Å²) in [5, 5.41) is 10.8. The van der Waals surface area contributed by atoms with Crippen molar-refractivity contribution in [2.75, 3.05) is 20.4 Å². The maximum absolute atomic E-state index is 12.0. The van der Waals surface area contributed by atoms with Crippen molar-refractivity contribution in [3.63, 3.8) is 0 Å². The van der Waals surface area contributed by atoms with Gasteiger partial charge in [-0.1, -0.05) is 0 Å². The highest BCUT2D eigenvalue weighted by atomic mass is 35.7. The first-order valence-corrected chi connectivity index (χ1v) is 7.62. The van der Waals surface area contributed by atoms with E-state index in [1.807, 2.05) is 0 Å². The van der Waals surface area contributed by atoms with E-state index in [2.05, 4.69) is 0 Å². The number of hydrogen-bond donors (Lipinski definition) is 0. The molecule has 0 atom stereocenters. The van der Waals surface area contributed by atoms with Crippen LogP contribution in [0.25, 0.3) is 0 Å². The molecule has 0 amide bonds. The molecule has 0 unspecified atom stereocenters. The molecule has 0 aliphatic rings. The third-order valence-corrected chi connectivity index (χ3v) is 3.55. The average molecular weight is 328 g/mol. The van der Waals surface area contributed by atoms with Crippen LogP contribution in [-0.2, 0) is 9.05 Å². The van der Waals surface area contributed by atoms with Crippen LogP contribution in [-0.4, -0.2) is 33.7 Å². The van der Waals surface area contributed by atoms with Gasteiger partial charge in [-0.3, -0.25) is 14.5 Å². The number of alkyl halides is 1. The molecule has 0 saturated carbocycles. The first-order valence-electron chi connectivity index (χ1n) is 5.31. The van der Waals surface area contributed by atoms with Gasteiger partial charge in [0.1, 0.15) is 4.90 Å². The Bertz CT molecular complexity index is 606. The molecule has 1 aromatic carbocycles. The van der Waals surface area contributed by atoms with Gasteiger partial charge in [-0.2, -0.15) is 0 Å². The van der Waals surface area contributed by atoms with Crippen LogP contribution in [0.3, 0.4) is 0 Å². The third-order valence-electron chi connectivity index (χ3n) is 2.22. The molecule has 0 radical (unpaired) electrons. The van der Waals surface area contributed by atoms with Crippen LogP contribution < -0.4 is 9.47 Å². The molecule has 10 heteroatoms. The maximum Gasteiger partial charge on any atom is 0.274 e. The number of methoxy groups -OCH3 is 1. The van der Waals surface area contributed by atoms with Crippen molar-refractivity contribution >= 4 is 25.4 Å². The molecule has 0 saturated heterocycles. The molecule has 0 spiro atoms. The van der Waals surface area contributed by atoms with Crippen molar-refractivity contribution in [2.24, 2.45) is 0 Å². The van der Waals surface area contributed by atoms with Crippen molar-refractivity contribution in [3.8, 4) is 11.5 Å². The molecule has 20 heavy (non-hydrogen) atoms. The summed E-state index contributed by atoms with van der Waals surface area (Å²) in [6, 6.07) is 1.76. The third kappa shape index (κ3) is 3.94. The minimum absolute atomic E-state index is 0.0504. The van der Waals surface area contributed by atoms with Crippen LogP contribution in [0.2, 0.25) is 0 Å². The lowest BCUT2D eigenvalue weighted by molar-refractivity contribution is -0.385. The van der Waals surface area contributed by atoms with Gasteiger partial charge < -0.3 is 9.47 Å². The zero-order valence-electron chi connectivity index (χ0n) is 10.3. The second kappa shape index (κ2) is 6.71. The fourth-order valence-electron chi connectivity index (χ4n) is 1.39. The molecule has 1 aromatic rings. The van der Waals surface area contributed by atoms with Crippen LogP contribution in [0.4, 0.5) is 10.1 Å². The number of nitro benzene ring substituents is 1. The average Bonchev–Trinajstić information content (AvgIpc) is 2.36. The lowest BCUT2D eigenvalue weighted by atomic mass is 10.2. The van der Waals surface area contributed by atoms with Gasteiger partial charge in [0.05, 0.1) is 31.4 Å². The van der Waals surface area contributed by atoms with Crippen LogP contribution in [0.15, 0.2) is 17.0 Å². The number of rotatable bonds is 7. The van der Waals surface area contributed by atoms with Crippen molar-refractivity contribution in [3.05, 3.63) is 22.2 Å². The quantitative estimate of drug-likeness (QED) is 0.330. The Balaban J connectivity index is 3.39. The Morgan fingerprint density at radius 3 is 2.55 bits per heavy atom. The Morgan fingerprint density at radius 2 is 2.10 bits per heavy atom. The summed E-state index contributed by atoms with van der Waals surface area (Å²) in [5.41, 5.74) is -0.528. The first-order chi connectivity index (χ1) is 9.31. The van der Waals surface area contributed by atoms with Crippen molar-refractivity contribution in [2.45, 2.75) is 11.3 Å². The second-order valence-electron chi connectivity index (χ2n) is 3.56. The van der Waals surface area contributed by atoms with Gasteiger partial charge in [0, 0.05) is 23.2 Å². The van der Waals surface area contributed by atoms with Crippen molar-refractivity contribution in [1.29, 1.82) is 0 Å². The Hall–Kier alpha value is -1.61. The highest BCUT2D eigenvalue weighted by molar-refractivity contribution is 8.13. The Kier molecular flexibility index (Phi) is 5.52. The maximum atomic E-state index is 12.0. The fraction of sp³-hybridized carbons (Fsp3) is 0.400. The molecule has 1 rings (SSSR count). The Labute approximate surface area is 118 Å². The summed E-state index contributed by atoms with van der Waals surface area (Å²) in [5.74, 6) is -0.446. The van der Waals surface area contributed by atoms with E-state index in [-0.39, 0.29) is 24.5 Å². The topological polar surface area (TPSA) is 95.7 Å². The lowest BCUT2D eigenvalue weighted by Crippen LogP contribution is -2.04. The van der Waals surface area contributed by atoms with Gasteiger partial charge in [0.15, 0.2) is 11.5 Å². The van der Waals surface area contributed by atoms with Crippen LogP contribution in [0.1, 0.15) is 6.42 Å². The van der Waals surface area contributed by atoms with Gasteiger partial charge in [-0.25, -0.2) is 8.42 Å². The molecular formula is C10H11ClFNO6S.